The lowest BCUT2D eigenvalue weighted by Crippen LogP contribution is -2.63. The minimum atomic E-state index is -0.268. The maximum absolute atomic E-state index is 12.8. The van der Waals surface area contributed by atoms with Crippen molar-refractivity contribution < 1.29 is 19.4 Å². The quantitative estimate of drug-likeness (QED) is 0.765. The number of aliphatic hydroxyl groups excluding tert-OH is 1. The molecule has 1 amide bonds. The number of benzene rings is 1. The number of nitrogens with zero attached hydrogens (tertiary/aromatic N) is 1. The van der Waals surface area contributed by atoms with Crippen LogP contribution in [0.15, 0.2) is 12.1 Å². The Morgan fingerprint density at radius 1 is 1.22 bits per heavy atom. The average molecular weight is 416 g/mol. The van der Waals surface area contributed by atoms with Crippen LogP contribution in [0.2, 0.25) is 0 Å². The van der Waals surface area contributed by atoms with Gasteiger partial charge in [-0.25, -0.2) is 0 Å². The van der Waals surface area contributed by atoms with Crippen LogP contribution < -0.4 is 9.47 Å². The number of piperidine rings is 1. The number of aliphatic hydroxyl groups is 1. The lowest BCUT2D eigenvalue weighted by atomic mass is 9.68. The van der Waals surface area contributed by atoms with Crippen LogP contribution in [0.25, 0.3) is 0 Å². The monoisotopic (exact) mass is 415 g/mol. The van der Waals surface area contributed by atoms with Gasteiger partial charge in [0.25, 0.3) is 0 Å². The van der Waals surface area contributed by atoms with Crippen molar-refractivity contribution in [2.75, 3.05) is 26.2 Å². The van der Waals surface area contributed by atoms with Gasteiger partial charge in [-0.3, -0.25) is 4.79 Å². The van der Waals surface area contributed by atoms with E-state index in [1.807, 2.05) is 11.0 Å². The second-order valence-corrected chi connectivity index (χ2v) is 8.13. The lowest BCUT2D eigenvalue weighted by Gasteiger charge is -2.56. The SMILES string of the molecule is COc1cc2c(cc1OC)[C@]13CCC[C@H]1CCC(=O)N3[C@H](CO)C2.ClCCl. The number of carbonyl (C=O) groups is 1. The van der Waals surface area contributed by atoms with E-state index >= 15 is 0 Å². The molecule has 1 saturated heterocycles. The molecule has 1 aliphatic carbocycles. The summed E-state index contributed by atoms with van der Waals surface area (Å²) in [6.45, 7) is 0.00793. The average Bonchev–Trinajstić information content (AvgIpc) is 3.10. The van der Waals surface area contributed by atoms with Crippen LogP contribution in [0.3, 0.4) is 0 Å². The summed E-state index contributed by atoms with van der Waals surface area (Å²) < 4.78 is 11.0. The van der Waals surface area contributed by atoms with Gasteiger partial charge >= 0.3 is 0 Å². The summed E-state index contributed by atoms with van der Waals surface area (Å²) in [5, 5.41) is 10.2. The summed E-state index contributed by atoms with van der Waals surface area (Å²) in [4.78, 5) is 14.8. The van der Waals surface area contributed by atoms with Crippen molar-refractivity contribution in [3.63, 3.8) is 0 Å². The molecule has 7 heteroatoms. The molecular formula is C20H27Cl2NO4. The number of carbonyl (C=O) groups excluding carboxylic acids is 1. The Labute approximate surface area is 170 Å². The Morgan fingerprint density at radius 3 is 2.52 bits per heavy atom. The van der Waals surface area contributed by atoms with Crippen molar-refractivity contribution >= 4 is 29.1 Å². The molecule has 2 fully saturated rings. The summed E-state index contributed by atoms with van der Waals surface area (Å²) in [6, 6.07) is 3.98. The first-order chi connectivity index (χ1) is 13.1. The van der Waals surface area contributed by atoms with E-state index in [0.717, 1.165) is 37.2 Å². The Morgan fingerprint density at radius 2 is 1.89 bits per heavy atom. The molecular weight excluding hydrogens is 389 g/mol. The third-order valence-electron chi connectivity index (χ3n) is 6.30. The second-order valence-electron chi connectivity index (χ2n) is 7.32. The molecule has 5 nitrogen and oxygen atoms in total. The van der Waals surface area contributed by atoms with Crippen molar-refractivity contribution in [3.05, 3.63) is 23.3 Å². The minimum Gasteiger partial charge on any atom is -0.493 e. The zero-order valence-electron chi connectivity index (χ0n) is 15.8. The standard InChI is InChI=1S/C19H25NO4.CH2Cl2/c1-23-16-9-12-8-14(11-21)20-18(22)6-5-13-4-3-7-19(13,20)15(12)10-17(16)24-2;2-1-3/h9-10,13-14,21H,3-8,11H2,1-2H3;1H2/t13-,14-,19-;/m0./s1. The summed E-state index contributed by atoms with van der Waals surface area (Å²) in [7, 11) is 3.29. The van der Waals surface area contributed by atoms with E-state index in [2.05, 4.69) is 6.07 Å². The summed E-state index contributed by atoms with van der Waals surface area (Å²) in [5.74, 6) is 2.10. The molecule has 27 heavy (non-hydrogen) atoms. The normalized spacial score (nSPS) is 28.5. The van der Waals surface area contributed by atoms with E-state index in [-0.39, 0.29) is 29.4 Å². The third-order valence-corrected chi connectivity index (χ3v) is 6.30. The smallest absolute Gasteiger partial charge is 0.223 e. The molecule has 1 aromatic rings. The van der Waals surface area contributed by atoms with E-state index in [1.165, 1.54) is 11.1 Å². The number of hydrogen-bond acceptors (Lipinski definition) is 4. The molecule has 1 N–H and O–H groups in total. The highest BCUT2D eigenvalue weighted by Crippen LogP contribution is 2.57. The highest BCUT2D eigenvalue weighted by molar-refractivity contribution is 6.40. The molecule has 3 aliphatic rings. The van der Waals surface area contributed by atoms with Gasteiger partial charge in [0.2, 0.25) is 5.91 Å². The molecule has 3 atom stereocenters. The first-order valence-electron chi connectivity index (χ1n) is 9.37. The fraction of sp³-hybridized carbons (Fsp3) is 0.650. The molecule has 1 aromatic carbocycles. The second kappa shape index (κ2) is 8.46. The molecule has 0 aromatic heterocycles. The van der Waals surface area contributed by atoms with Gasteiger partial charge in [0, 0.05) is 6.42 Å². The van der Waals surface area contributed by atoms with Crippen LogP contribution in [0.1, 0.15) is 43.2 Å². The number of hydrogen-bond donors (Lipinski definition) is 1. The predicted octanol–water partition coefficient (Wildman–Crippen LogP) is 3.66. The molecule has 0 radical (unpaired) electrons. The molecule has 4 rings (SSSR count). The van der Waals surface area contributed by atoms with Crippen LogP contribution in [0.5, 0.6) is 11.5 Å². The van der Waals surface area contributed by atoms with Gasteiger partial charge in [-0.1, -0.05) is 6.42 Å². The fourth-order valence-corrected chi connectivity index (χ4v) is 5.40. The van der Waals surface area contributed by atoms with Gasteiger partial charge in [-0.2, -0.15) is 0 Å². The molecule has 0 bridgehead atoms. The maximum atomic E-state index is 12.8. The minimum absolute atomic E-state index is 0.00793. The molecule has 150 valence electrons. The number of methoxy groups -OCH3 is 2. The van der Waals surface area contributed by atoms with Crippen LogP contribution >= 0.6 is 23.2 Å². The number of fused-ring (bicyclic) bond motifs is 1. The highest BCUT2D eigenvalue weighted by Gasteiger charge is 2.57. The van der Waals surface area contributed by atoms with E-state index < -0.39 is 0 Å². The summed E-state index contributed by atoms with van der Waals surface area (Å²) >= 11 is 9.53. The van der Waals surface area contributed by atoms with Gasteiger partial charge in [0.15, 0.2) is 11.5 Å². The third kappa shape index (κ3) is 3.28. The van der Waals surface area contributed by atoms with Gasteiger partial charge in [0.05, 0.1) is 37.7 Å². The number of rotatable bonds is 3. The molecule has 2 aliphatic heterocycles. The Kier molecular flexibility index (Phi) is 6.44. The van der Waals surface area contributed by atoms with Crippen molar-refractivity contribution in [2.45, 2.75) is 50.1 Å². The molecule has 2 heterocycles. The van der Waals surface area contributed by atoms with Gasteiger partial charge in [-0.15, -0.1) is 23.2 Å². The van der Waals surface area contributed by atoms with E-state index in [4.69, 9.17) is 32.7 Å². The number of alkyl halides is 2. The van der Waals surface area contributed by atoms with Crippen LogP contribution in [-0.4, -0.2) is 48.1 Å². The zero-order chi connectivity index (χ0) is 19.6. The maximum Gasteiger partial charge on any atom is 0.223 e. The topological polar surface area (TPSA) is 59.0 Å². The van der Waals surface area contributed by atoms with Crippen molar-refractivity contribution in [1.29, 1.82) is 0 Å². The Hall–Kier alpha value is -1.17. The number of amides is 1. The molecule has 0 unspecified atom stereocenters. The first-order valence-corrected chi connectivity index (χ1v) is 10.4. The van der Waals surface area contributed by atoms with Gasteiger partial charge in [0.1, 0.15) is 0 Å². The predicted molar refractivity (Wildman–Crippen MR) is 106 cm³/mol. The van der Waals surface area contributed by atoms with Gasteiger partial charge < -0.3 is 19.5 Å². The van der Waals surface area contributed by atoms with Crippen LogP contribution in [0, 0.1) is 5.92 Å². The Bertz CT molecular complexity index is 699. The Balaban J connectivity index is 0.000000659. The van der Waals surface area contributed by atoms with Gasteiger partial charge in [-0.05, 0) is 54.9 Å². The lowest BCUT2D eigenvalue weighted by molar-refractivity contribution is -0.154. The summed E-state index contributed by atoms with van der Waals surface area (Å²) in [5.41, 5.74) is 2.13. The van der Waals surface area contributed by atoms with E-state index in [0.29, 0.717) is 18.8 Å². The van der Waals surface area contributed by atoms with E-state index in [9.17, 15) is 9.90 Å². The van der Waals surface area contributed by atoms with Crippen LogP contribution in [0.4, 0.5) is 0 Å². The highest BCUT2D eigenvalue weighted by atomic mass is 35.5. The zero-order valence-corrected chi connectivity index (χ0v) is 17.4. The fourth-order valence-electron chi connectivity index (χ4n) is 5.40. The number of ether oxygens (including phenoxy) is 2. The van der Waals surface area contributed by atoms with Crippen molar-refractivity contribution in [1.82, 2.24) is 4.90 Å². The largest absolute Gasteiger partial charge is 0.493 e. The molecule has 1 spiro atoms. The van der Waals surface area contributed by atoms with Crippen LogP contribution in [-0.2, 0) is 16.8 Å². The summed E-state index contributed by atoms with van der Waals surface area (Å²) in [6.07, 6.45) is 5.47. The molecule has 1 saturated carbocycles. The van der Waals surface area contributed by atoms with E-state index in [1.54, 1.807) is 14.2 Å². The first kappa shape index (κ1) is 20.6. The van der Waals surface area contributed by atoms with Crippen molar-refractivity contribution in [2.24, 2.45) is 5.92 Å². The van der Waals surface area contributed by atoms with Crippen molar-refractivity contribution in [3.8, 4) is 11.5 Å². The number of halogens is 2.